The molecule has 0 saturated carbocycles. The molecule has 0 aromatic heterocycles. The maximum absolute atomic E-state index is 11.7. The molecule has 1 unspecified atom stereocenters. The summed E-state index contributed by atoms with van der Waals surface area (Å²) < 4.78 is 22.8. The van der Waals surface area contributed by atoms with Crippen LogP contribution in [0.1, 0.15) is 38.3 Å². The summed E-state index contributed by atoms with van der Waals surface area (Å²) in [6.07, 6.45) is 2.79. The van der Waals surface area contributed by atoms with Crippen molar-refractivity contribution >= 4 is 15.9 Å². The number of carbonyl (C=O) groups is 1. The molecule has 0 saturated heterocycles. The highest BCUT2D eigenvalue weighted by Gasteiger charge is 2.13. The molecule has 0 bridgehead atoms. The van der Waals surface area contributed by atoms with Gasteiger partial charge < -0.3 is 10.6 Å². The lowest BCUT2D eigenvalue weighted by Gasteiger charge is -2.18. The van der Waals surface area contributed by atoms with Crippen LogP contribution in [0.3, 0.4) is 0 Å². The summed E-state index contributed by atoms with van der Waals surface area (Å²) in [5.74, 6) is 0. The Morgan fingerprint density at radius 3 is 2.25 bits per heavy atom. The van der Waals surface area contributed by atoms with Crippen LogP contribution in [0.4, 0.5) is 4.79 Å². The summed E-state index contributed by atoms with van der Waals surface area (Å²) in [5, 5.41) is 5.63. The van der Waals surface area contributed by atoms with Gasteiger partial charge >= 0.3 is 6.03 Å². The Balaban J connectivity index is 2.78. The van der Waals surface area contributed by atoms with Crippen LogP contribution in [0.15, 0.2) is 29.2 Å². The van der Waals surface area contributed by atoms with Gasteiger partial charge in [-0.2, -0.15) is 0 Å². The molecule has 0 aliphatic heterocycles. The van der Waals surface area contributed by atoms with E-state index in [1.807, 2.05) is 13.8 Å². The van der Waals surface area contributed by atoms with Crippen LogP contribution in [0, 0.1) is 0 Å². The zero-order valence-corrected chi connectivity index (χ0v) is 13.0. The van der Waals surface area contributed by atoms with E-state index in [1.165, 1.54) is 6.26 Å². The molecule has 0 aliphatic carbocycles. The fourth-order valence-electron chi connectivity index (χ4n) is 1.82. The molecule has 1 aromatic rings. The van der Waals surface area contributed by atoms with Gasteiger partial charge in [0.2, 0.25) is 0 Å². The normalized spacial score (nSPS) is 12.8. The van der Waals surface area contributed by atoms with Crippen LogP contribution in [-0.2, 0) is 9.84 Å². The van der Waals surface area contributed by atoms with Gasteiger partial charge in [0.05, 0.1) is 10.9 Å². The summed E-state index contributed by atoms with van der Waals surface area (Å²) in [6, 6.07) is 6.29. The average molecular weight is 298 g/mol. The summed E-state index contributed by atoms with van der Waals surface area (Å²) in [7, 11) is -3.19. The van der Waals surface area contributed by atoms with Crippen molar-refractivity contribution in [1.29, 1.82) is 0 Å². The third-order valence-corrected chi connectivity index (χ3v) is 4.09. The maximum atomic E-state index is 11.7. The van der Waals surface area contributed by atoms with Crippen molar-refractivity contribution in [2.45, 2.75) is 37.6 Å². The predicted octanol–water partition coefficient (Wildman–Crippen LogP) is 2.25. The molecule has 6 heteroatoms. The molecule has 0 aliphatic rings. The van der Waals surface area contributed by atoms with Gasteiger partial charge in [-0.3, -0.25) is 0 Å². The van der Waals surface area contributed by atoms with E-state index >= 15 is 0 Å². The van der Waals surface area contributed by atoms with E-state index in [0.717, 1.165) is 18.4 Å². The van der Waals surface area contributed by atoms with Crippen LogP contribution < -0.4 is 10.6 Å². The van der Waals surface area contributed by atoms with Gasteiger partial charge in [0.1, 0.15) is 0 Å². The topological polar surface area (TPSA) is 75.3 Å². The van der Waals surface area contributed by atoms with E-state index < -0.39 is 9.84 Å². The first-order valence-corrected chi connectivity index (χ1v) is 8.62. The second-order valence-electron chi connectivity index (χ2n) is 4.70. The summed E-state index contributed by atoms with van der Waals surface area (Å²) in [6.45, 7) is 4.59. The minimum absolute atomic E-state index is 0.125. The molecule has 5 nitrogen and oxygen atoms in total. The standard InChI is InChI=1S/C14H22N2O3S/c1-4-10-15-14(17)16-13(5-2)11-6-8-12(9-7-11)20(3,18)19/h6-9,13H,4-5,10H2,1-3H3,(H2,15,16,17). The fraction of sp³-hybridized carbons (Fsp3) is 0.500. The summed E-state index contributed by atoms with van der Waals surface area (Å²) in [4.78, 5) is 11.9. The van der Waals surface area contributed by atoms with Gasteiger partial charge in [0, 0.05) is 12.8 Å². The Bertz CT molecular complexity index is 538. The van der Waals surface area contributed by atoms with Crippen molar-refractivity contribution in [1.82, 2.24) is 10.6 Å². The average Bonchev–Trinajstić information content (AvgIpc) is 2.41. The van der Waals surface area contributed by atoms with Crippen LogP contribution in [-0.4, -0.2) is 27.2 Å². The SMILES string of the molecule is CCCNC(=O)NC(CC)c1ccc(S(C)(=O)=O)cc1. The van der Waals surface area contributed by atoms with E-state index in [0.29, 0.717) is 6.54 Å². The third-order valence-electron chi connectivity index (χ3n) is 2.96. The van der Waals surface area contributed by atoms with E-state index in [-0.39, 0.29) is 17.0 Å². The highest BCUT2D eigenvalue weighted by molar-refractivity contribution is 7.90. The van der Waals surface area contributed by atoms with Crippen molar-refractivity contribution in [2.75, 3.05) is 12.8 Å². The zero-order chi connectivity index (χ0) is 15.2. The largest absolute Gasteiger partial charge is 0.338 e. The van der Waals surface area contributed by atoms with E-state index in [4.69, 9.17) is 0 Å². The number of urea groups is 1. The summed E-state index contributed by atoms with van der Waals surface area (Å²) >= 11 is 0. The number of sulfone groups is 1. The van der Waals surface area contributed by atoms with Crippen LogP contribution in [0.25, 0.3) is 0 Å². The lowest BCUT2D eigenvalue weighted by Crippen LogP contribution is -2.38. The van der Waals surface area contributed by atoms with Crippen molar-refractivity contribution in [2.24, 2.45) is 0 Å². The highest BCUT2D eigenvalue weighted by atomic mass is 32.2. The van der Waals surface area contributed by atoms with Gasteiger partial charge in [-0.05, 0) is 30.5 Å². The third kappa shape index (κ3) is 4.85. The van der Waals surface area contributed by atoms with Crippen LogP contribution in [0.2, 0.25) is 0 Å². The zero-order valence-electron chi connectivity index (χ0n) is 12.1. The first-order valence-electron chi connectivity index (χ1n) is 6.72. The van der Waals surface area contributed by atoms with Crippen molar-refractivity contribution in [3.05, 3.63) is 29.8 Å². The number of amides is 2. The minimum Gasteiger partial charge on any atom is -0.338 e. The molecule has 20 heavy (non-hydrogen) atoms. The first-order chi connectivity index (χ1) is 9.38. The van der Waals surface area contributed by atoms with Gasteiger partial charge in [-0.25, -0.2) is 13.2 Å². The molecule has 2 amide bonds. The second kappa shape index (κ2) is 7.28. The van der Waals surface area contributed by atoms with Crippen LogP contribution >= 0.6 is 0 Å². The van der Waals surface area contributed by atoms with Crippen molar-refractivity contribution in [3.63, 3.8) is 0 Å². The Hall–Kier alpha value is -1.56. The van der Waals surface area contributed by atoms with Crippen molar-refractivity contribution < 1.29 is 13.2 Å². The summed E-state index contributed by atoms with van der Waals surface area (Å²) in [5.41, 5.74) is 0.895. The number of nitrogens with one attached hydrogen (secondary N) is 2. The van der Waals surface area contributed by atoms with Gasteiger partial charge in [0.15, 0.2) is 9.84 Å². The van der Waals surface area contributed by atoms with Crippen LogP contribution in [0.5, 0.6) is 0 Å². The van der Waals surface area contributed by atoms with E-state index in [2.05, 4.69) is 10.6 Å². The Morgan fingerprint density at radius 1 is 1.20 bits per heavy atom. The molecule has 1 aromatic carbocycles. The number of rotatable bonds is 6. The Kier molecular flexibility index (Phi) is 6.01. The lowest BCUT2D eigenvalue weighted by molar-refractivity contribution is 0.236. The molecule has 2 N–H and O–H groups in total. The molecule has 0 radical (unpaired) electrons. The quantitative estimate of drug-likeness (QED) is 0.846. The lowest BCUT2D eigenvalue weighted by atomic mass is 10.1. The fourth-order valence-corrected chi connectivity index (χ4v) is 2.45. The molecular weight excluding hydrogens is 276 g/mol. The molecule has 0 heterocycles. The molecule has 0 fully saturated rings. The number of benzene rings is 1. The second-order valence-corrected chi connectivity index (χ2v) is 6.72. The number of carbonyl (C=O) groups excluding carboxylic acids is 1. The highest BCUT2D eigenvalue weighted by Crippen LogP contribution is 2.19. The molecule has 1 rings (SSSR count). The molecule has 0 spiro atoms. The van der Waals surface area contributed by atoms with E-state index in [9.17, 15) is 13.2 Å². The smallest absolute Gasteiger partial charge is 0.315 e. The maximum Gasteiger partial charge on any atom is 0.315 e. The predicted molar refractivity (Wildman–Crippen MR) is 79.4 cm³/mol. The Labute approximate surface area is 120 Å². The van der Waals surface area contributed by atoms with Crippen molar-refractivity contribution in [3.8, 4) is 0 Å². The van der Waals surface area contributed by atoms with E-state index in [1.54, 1.807) is 24.3 Å². The molecule has 112 valence electrons. The monoisotopic (exact) mass is 298 g/mol. The molecule has 1 atom stereocenters. The van der Waals surface area contributed by atoms with Gasteiger partial charge in [0.25, 0.3) is 0 Å². The minimum atomic E-state index is -3.19. The molecular formula is C14H22N2O3S. The number of hydrogen-bond acceptors (Lipinski definition) is 3. The number of hydrogen-bond donors (Lipinski definition) is 2. The first kappa shape index (κ1) is 16.5. The Morgan fingerprint density at radius 2 is 1.80 bits per heavy atom. The van der Waals surface area contributed by atoms with Gasteiger partial charge in [-0.15, -0.1) is 0 Å². The van der Waals surface area contributed by atoms with Gasteiger partial charge in [-0.1, -0.05) is 26.0 Å².